The average Bonchev–Trinajstić information content (AvgIpc) is 3.63. The molecule has 1 fully saturated rings. The predicted octanol–water partition coefficient (Wildman–Crippen LogP) is 5.71. The Morgan fingerprint density at radius 1 is 1.11 bits per heavy atom. The summed E-state index contributed by atoms with van der Waals surface area (Å²) in [6.45, 7) is 4.71. The predicted molar refractivity (Wildman–Crippen MR) is 146 cm³/mol. The van der Waals surface area contributed by atoms with Crippen LogP contribution in [0.4, 0.5) is 0 Å². The van der Waals surface area contributed by atoms with Crippen LogP contribution in [-0.4, -0.2) is 33.6 Å². The zero-order chi connectivity index (χ0) is 26.7. The zero-order valence-electron chi connectivity index (χ0n) is 21.7. The van der Waals surface area contributed by atoms with E-state index in [1.54, 1.807) is 12.1 Å². The summed E-state index contributed by atoms with van der Waals surface area (Å²) >= 11 is 0. The first-order valence-electron chi connectivity index (χ1n) is 13.0. The average molecular weight is 506 g/mol. The van der Waals surface area contributed by atoms with Gasteiger partial charge in [-0.2, -0.15) is 5.26 Å². The highest BCUT2D eigenvalue weighted by atomic mass is 16.4. The first kappa shape index (κ1) is 25.4. The molecule has 7 heteroatoms. The minimum Gasteiger partial charge on any atom is -0.419 e. The molecular formula is C31H31N5O2. The minimum atomic E-state index is -0.875. The topological polar surface area (TPSA) is 109 Å². The fourth-order valence-corrected chi connectivity index (χ4v) is 5.22. The summed E-state index contributed by atoms with van der Waals surface area (Å²) in [5, 5.41) is 18.3. The zero-order valence-corrected chi connectivity index (χ0v) is 21.7. The van der Waals surface area contributed by atoms with Crippen molar-refractivity contribution >= 4 is 5.91 Å². The number of likely N-dealkylation sites (tertiary alicyclic amines) is 1. The van der Waals surface area contributed by atoms with Crippen molar-refractivity contribution in [2.45, 2.75) is 51.1 Å². The fourth-order valence-electron chi connectivity index (χ4n) is 5.22. The van der Waals surface area contributed by atoms with Gasteiger partial charge in [0.2, 0.25) is 11.8 Å². The Morgan fingerprint density at radius 2 is 1.84 bits per heavy atom. The third kappa shape index (κ3) is 5.09. The smallest absolute Gasteiger partial charge is 0.254 e. The quantitative estimate of drug-likeness (QED) is 0.345. The molecule has 0 aliphatic carbocycles. The molecule has 5 rings (SSSR count). The number of nitriles is 1. The number of nitrogens with two attached hydrogens (primary N) is 1. The van der Waals surface area contributed by atoms with Gasteiger partial charge in [0.1, 0.15) is 0 Å². The van der Waals surface area contributed by atoms with Crippen LogP contribution in [0.1, 0.15) is 60.5 Å². The molecule has 1 amide bonds. The lowest BCUT2D eigenvalue weighted by Gasteiger charge is -2.24. The molecule has 3 aromatic carbocycles. The van der Waals surface area contributed by atoms with Gasteiger partial charge >= 0.3 is 0 Å². The maximum Gasteiger partial charge on any atom is 0.254 e. The molecule has 192 valence electrons. The standard InChI is InChI=1S/C31H31N5O2/c1-3-26-13-9-15-36(26)29(37)25-17-23(27-14-8-7-12-22(27)20-32)16-24(18-25)28-34-35-30(38-28)31(2,33)19-21-10-5-4-6-11-21/h4-8,10-12,14,16-18,26H,3,9,13,15,19,33H2,1-2H3/t26-,31+/m0/s1. The molecule has 0 bridgehead atoms. The van der Waals surface area contributed by atoms with E-state index in [9.17, 15) is 10.1 Å². The van der Waals surface area contributed by atoms with Crippen molar-refractivity contribution in [3.8, 4) is 28.7 Å². The van der Waals surface area contributed by atoms with Crippen LogP contribution < -0.4 is 5.73 Å². The number of hydrogen-bond donors (Lipinski definition) is 1. The molecule has 2 N–H and O–H groups in total. The van der Waals surface area contributed by atoms with E-state index in [4.69, 9.17) is 10.2 Å². The van der Waals surface area contributed by atoms with E-state index >= 15 is 0 Å². The summed E-state index contributed by atoms with van der Waals surface area (Å²) in [7, 11) is 0. The Labute approximate surface area is 222 Å². The summed E-state index contributed by atoms with van der Waals surface area (Å²) in [6.07, 6.45) is 3.45. The van der Waals surface area contributed by atoms with E-state index in [1.807, 2.05) is 72.5 Å². The van der Waals surface area contributed by atoms with Gasteiger partial charge in [0.15, 0.2) is 0 Å². The van der Waals surface area contributed by atoms with Crippen molar-refractivity contribution in [1.29, 1.82) is 5.26 Å². The summed E-state index contributed by atoms with van der Waals surface area (Å²) < 4.78 is 6.12. The summed E-state index contributed by atoms with van der Waals surface area (Å²) in [4.78, 5) is 15.6. The van der Waals surface area contributed by atoms with Gasteiger partial charge in [0.25, 0.3) is 5.91 Å². The van der Waals surface area contributed by atoms with Crippen LogP contribution in [-0.2, 0) is 12.0 Å². The van der Waals surface area contributed by atoms with Crippen LogP contribution in [0.5, 0.6) is 0 Å². The molecule has 0 spiro atoms. The summed E-state index contributed by atoms with van der Waals surface area (Å²) in [6, 6.07) is 25.3. The minimum absolute atomic E-state index is 0.0284. The SMILES string of the molecule is CC[C@H]1CCCN1C(=O)c1cc(-c2nnc([C@](C)(N)Cc3ccccc3)o2)cc(-c2ccccc2C#N)c1. The van der Waals surface area contributed by atoms with Gasteiger partial charge in [-0.15, -0.1) is 10.2 Å². The van der Waals surface area contributed by atoms with E-state index in [2.05, 4.69) is 23.2 Å². The van der Waals surface area contributed by atoms with E-state index in [0.717, 1.165) is 42.5 Å². The van der Waals surface area contributed by atoms with Gasteiger partial charge in [-0.3, -0.25) is 4.79 Å². The number of rotatable bonds is 7. The molecule has 0 saturated carbocycles. The van der Waals surface area contributed by atoms with E-state index in [1.165, 1.54) is 0 Å². The van der Waals surface area contributed by atoms with E-state index in [-0.39, 0.29) is 17.8 Å². The lowest BCUT2D eigenvalue weighted by atomic mass is 9.94. The molecule has 4 aromatic rings. The third-order valence-corrected chi connectivity index (χ3v) is 7.22. The van der Waals surface area contributed by atoms with Crippen molar-refractivity contribution < 1.29 is 9.21 Å². The summed E-state index contributed by atoms with van der Waals surface area (Å²) in [5.41, 5.74) is 9.97. The van der Waals surface area contributed by atoms with E-state index < -0.39 is 5.54 Å². The van der Waals surface area contributed by atoms with Crippen molar-refractivity contribution in [3.05, 3.63) is 95.4 Å². The molecule has 1 aromatic heterocycles. The van der Waals surface area contributed by atoms with Gasteiger partial charge in [-0.1, -0.05) is 55.5 Å². The highest BCUT2D eigenvalue weighted by molar-refractivity contribution is 5.97. The van der Waals surface area contributed by atoms with Crippen molar-refractivity contribution in [3.63, 3.8) is 0 Å². The lowest BCUT2D eigenvalue weighted by molar-refractivity contribution is 0.0733. The maximum absolute atomic E-state index is 13.7. The number of hydrogen-bond acceptors (Lipinski definition) is 6. The number of benzene rings is 3. The van der Waals surface area contributed by atoms with Crippen LogP contribution in [0.2, 0.25) is 0 Å². The molecular weight excluding hydrogens is 474 g/mol. The third-order valence-electron chi connectivity index (χ3n) is 7.22. The molecule has 0 radical (unpaired) electrons. The Balaban J connectivity index is 1.56. The van der Waals surface area contributed by atoms with Crippen LogP contribution >= 0.6 is 0 Å². The number of aromatic nitrogens is 2. The second-order valence-electron chi connectivity index (χ2n) is 10.2. The molecule has 2 atom stereocenters. The molecule has 38 heavy (non-hydrogen) atoms. The van der Waals surface area contributed by atoms with Crippen molar-refractivity contribution in [2.24, 2.45) is 5.73 Å². The number of carbonyl (C=O) groups excluding carboxylic acids is 1. The first-order valence-corrected chi connectivity index (χ1v) is 13.0. The molecule has 0 unspecified atom stereocenters. The van der Waals surface area contributed by atoms with Gasteiger partial charge in [-0.05, 0) is 73.6 Å². The second-order valence-corrected chi connectivity index (χ2v) is 10.2. The van der Waals surface area contributed by atoms with Crippen LogP contribution in [0.25, 0.3) is 22.6 Å². The second kappa shape index (κ2) is 10.6. The molecule has 1 aliphatic heterocycles. The fraction of sp³-hybridized carbons (Fsp3) is 0.290. The highest BCUT2D eigenvalue weighted by Crippen LogP contribution is 2.33. The Kier molecular flexibility index (Phi) is 7.08. The Morgan fingerprint density at radius 3 is 2.61 bits per heavy atom. The number of amides is 1. The van der Waals surface area contributed by atoms with Gasteiger partial charge < -0.3 is 15.1 Å². The monoisotopic (exact) mass is 505 g/mol. The van der Waals surface area contributed by atoms with Crippen LogP contribution in [0.15, 0.2) is 77.2 Å². The van der Waals surface area contributed by atoms with E-state index in [0.29, 0.717) is 29.0 Å². The normalized spacial score (nSPS) is 16.7. The summed E-state index contributed by atoms with van der Waals surface area (Å²) in [5.74, 6) is 0.570. The van der Waals surface area contributed by atoms with Crippen LogP contribution in [0, 0.1) is 11.3 Å². The lowest BCUT2D eigenvalue weighted by Crippen LogP contribution is -2.35. The maximum atomic E-state index is 13.7. The molecule has 1 saturated heterocycles. The number of nitrogens with zero attached hydrogens (tertiary/aromatic N) is 4. The van der Waals surface area contributed by atoms with Crippen molar-refractivity contribution in [2.75, 3.05) is 6.54 Å². The van der Waals surface area contributed by atoms with Gasteiger partial charge in [0.05, 0.1) is 17.2 Å². The molecule has 2 heterocycles. The molecule has 1 aliphatic rings. The van der Waals surface area contributed by atoms with Crippen LogP contribution in [0.3, 0.4) is 0 Å². The number of carbonyl (C=O) groups is 1. The Bertz CT molecular complexity index is 1490. The Hall–Kier alpha value is -4.28. The first-order chi connectivity index (χ1) is 18.4. The molecule has 7 nitrogen and oxygen atoms in total. The van der Waals surface area contributed by atoms with Gasteiger partial charge in [-0.25, -0.2) is 0 Å². The van der Waals surface area contributed by atoms with Gasteiger partial charge in [0, 0.05) is 23.7 Å². The largest absolute Gasteiger partial charge is 0.419 e. The highest BCUT2D eigenvalue weighted by Gasteiger charge is 2.31. The van der Waals surface area contributed by atoms with Crippen molar-refractivity contribution in [1.82, 2.24) is 15.1 Å².